The number of hydrogen-bond acceptors (Lipinski definition) is 1. The van der Waals surface area contributed by atoms with Crippen molar-refractivity contribution in [3.8, 4) is 0 Å². The molecule has 0 aliphatic carbocycles. The number of carboxylic acids is 1. The van der Waals surface area contributed by atoms with Crippen LogP contribution in [0.25, 0.3) is 0 Å². The third kappa shape index (κ3) is 3.29. The van der Waals surface area contributed by atoms with Crippen molar-refractivity contribution >= 4 is 5.97 Å². The SMILES string of the molecule is CC.CC(C)c1c(F)cc(F)cc1C(=O)O. The molecule has 2 nitrogen and oxygen atoms in total. The van der Waals surface area contributed by atoms with Crippen LogP contribution < -0.4 is 0 Å². The van der Waals surface area contributed by atoms with Gasteiger partial charge >= 0.3 is 5.97 Å². The molecule has 0 aliphatic rings. The number of rotatable bonds is 2. The van der Waals surface area contributed by atoms with E-state index in [1.807, 2.05) is 13.8 Å². The van der Waals surface area contributed by atoms with Crippen LogP contribution >= 0.6 is 0 Å². The van der Waals surface area contributed by atoms with Gasteiger partial charge in [-0.1, -0.05) is 27.7 Å². The molecule has 0 aliphatic heterocycles. The lowest BCUT2D eigenvalue weighted by Crippen LogP contribution is -2.07. The molecule has 0 radical (unpaired) electrons. The second kappa shape index (κ2) is 6.20. The molecule has 0 atom stereocenters. The predicted molar refractivity (Wildman–Crippen MR) is 58.8 cm³/mol. The van der Waals surface area contributed by atoms with Crippen molar-refractivity contribution in [2.24, 2.45) is 0 Å². The Labute approximate surface area is 93.9 Å². The van der Waals surface area contributed by atoms with E-state index in [2.05, 4.69) is 0 Å². The van der Waals surface area contributed by atoms with Gasteiger partial charge < -0.3 is 5.11 Å². The average molecular weight is 230 g/mol. The largest absolute Gasteiger partial charge is 0.478 e. The van der Waals surface area contributed by atoms with Crippen molar-refractivity contribution < 1.29 is 18.7 Å². The van der Waals surface area contributed by atoms with E-state index in [4.69, 9.17) is 5.11 Å². The molecule has 1 rings (SSSR count). The van der Waals surface area contributed by atoms with Gasteiger partial charge in [-0.2, -0.15) is 0 Å². The Morgan fingerprint density at radius 3 is 2.12 bits per heavy atom. The van der Waals surface area contributed by atoms with Crippen molar-refractivity contribution in [2.45, 2.75) is 33.6 Å². The smallest absolute Gasteiger partial charge is 0.336 e. The van der Waals surface area contributed by atoms with Crippen LogP contribution in [-0.2, 0) is 0 Å². The molecule has 1 aromatic rings. The Morgan fingerprint density at radius 2 is 1.75 bits per heavy atom. The van der Waals surface area contributed by atoms with Gasteiger partial charge in [-0.15, -0.1) is 0 Å². The van der Waals surface area contributed by atoms with Crippen molar-refractivity contribution in [1.29, 1.82) is 0 Å². The van der Waals surface area contributed by atoms with Gasteiger partial charge in [0.1, 0.15) is 11.6 Å². The minimum Gasteiger partial charge on any atom is -0.478 e. The van der Waals surface area contributed by atoms with Crippen molar-refractivity contribution in [2.75, 3.05) is 0 Å². The molecule has 16 heavy (non-hydrogen) atoms. The lowest BCUT2D eigenvalue weighted by Gasteiger charge is -2.10. The summed E-state index contributed by atoms with van der Waals surface area (Å²) < 4.78 is 25.9. The number of carboxylic acid groups (broad SMARTS) is 1. The Kier molecular flexibility index (Phi) is 5.64. The van der Waals surface area contributed by atoms with Crippen LogP contribution in [0.1, 0.15) is 49.5 Å². The summed E-state index contributed by atoms with van der Waals surface area (Å²) >= 11 is 0. The predicted octanol–water partition coefficient (Wildman–Crippen LogP) is 3.81. The molecule has 1 aromatic carbocycles. The Hall–Kier alpha value is -1.45. The minimum absolute atomic E-state index is 0.0406. The van der Waals surface area contributed by atoms with E-state index in [1.165, 1.54) is 0 Å². The lowest BCUT2D eigenvalue weighted by molar-refractivity contribution is 0.0694. The number of halogens is 2. The number of aromatic carboxylic acids is 1. The lowest BCUT2D eigenvalue weighted by atomic mass is 9.96. The van der Waals surface area contributed by atoms with Gasteiger partial charge in [0.2, 0.25) is 0 Å². The van der Waals surface area contributed by atoms with Gasteiger partial charge in [0, 0.05) is 11.6 Å². The highest BCUT2D eigenvalue weighted by Gasteiger charge is 2.18. The van der Waals surface area contributed by atoms with Crippen LogP contribution in [0.3, 0.4) is 0 Å². The highest BCUT2D eigenvalue weighted by atomic mass is 19.1. The first-order valence-corrected chi connectivity index (χ1v) is 5.15. The first-order valence-electron chi connectivity index (χ1n) is 5.15. The molecule has 0 fully saturated rings. The standard InChI is InChI=1S/C10H10F2O2.C2H6/c1-5(2)9-7(10(13)14)3-6(11)4-8(9)12;1-2/h3-5H,1-2H3,(H,13,14);1-2H3. The summed E-state index contributed by atoms with van der Waals surface area (Å²) in [4.78, 5) is 10.7. The molecule has 0 bridgehead atoms. The number of carbonyl (C=O) groups is 1. The highest BCUT2D eigenvalue weighted by molar-refractivity contribution is 5.89. The van der Waals surface area contributed by atoms with Crippen LogP contribution in [0.5, 0.6) is 0 Å². The van der Waals surface area contributed by atoms with E-state index >= 15 is 0 Å². The summed E-state index contributed by atoms with van der Waals surface area (Å²) in [6.07, 6.45) is 0. The van der Waals surface area contributed by atoms with E-state index in [-0.39, 0.29) is 17.0 Å². The molecule has 0 saturated carbocycles. The van der Waals surface area contributed by atoms with Gasteiger partial charge in [0.15, 0.2) is 0 Å². The zero-order valence-electron chi connectivity index (χ0n) is 9.84. The maximum absolute atomic E-state index is 13.2. The highest BCUT2D eigenvalue weighted by Crippen LogP contribution is 2.24. The number of benzene rings is 1. The van der Waals surface area contributed by atoms with Gasteiger partial charge in [0.05, 0.1) is 5.56 Å². The fraction of sp³-hybridized carbons (Fsp3) is 0.417. The quantitative estimate of drug-likeness (QED) is 0.838. The summed E-state index contributed by atoms with van der Waals surface area (Å²) in [5.74, 6) is -3.28. The molecule has 0 saturated heterocycles. The molecule has 0 amide bonds. The third-order valence-electron chi connectivity index (χ3n) is 1.90. The first kappa shape index (κ1) is 14.6. The first-order chi connectivity index (χ1) is 7.43. The van der Waals surface area contributed by atoms with Crippen LogP contribution in [0.4, 0.5) is 8.78 Å². The molecule has 0 heterocycles. The summed E-state index contributed by atoms with van der Waals surface area (Å²) in [5.41, 5.74) is -0.267. The summed E-state index contributed by atoms with van der Waals surface area (Å²) in [7, 11) is 0. The van der Waals surface area contributed by atoms with Crippen LogP contribution in [0.15, 0.2) is 12.1 Å². The third-order valence-corrected chi connectivity index (χ3v) is 1.90. The number of hydrogen-bond donors (Lipinski definition) is 1. The normalized spacial score (nSPS) is 9.69. The monoisotopic (exact) mass is 230 g/mol. The second-order valence-corrected chi connectivity index (χ2v) is 3.31. The summed E-state index contributed by atoms with van der Waals surface area (Å²) in [6, 6.07) is 1.53. The Morgan fingerprint density at radius 1 is 1.25 bits per heavy atom. The van der Waals surface area contributed by atoms with Crippen molar-refractivity contribution in [3.05, 3.63) is 34.9 Å². The maximum Gasteiger partial charge on any atom is 0.336 e. The van der Waals surface area contributed by atoms with Crippen LogP contribution in [0.2, 0.25) is 0 Å². The molecule has 4 heteroatoms. The topological polar surface area (TPSA) is 37.3 Å². The second-order valence-electron chi connectivity index (χ2n) is 3.31. The molecular weight excluding hydrogens is 214 g/mol. The van der Waals surface area contributed by atoms with Crippen molar-refractivity contribution in [1.82, 2.24) is 0 Å². The molecule has 0 unspecified atom stereocenters. The van der Waals surface area contributed by atoms with Crippen LogP contribution in [-0.4, -0.2) is 11.1 Å². The molecule has 0 spiro atoms. The molecule has 90 valence electrons. The fourth-order valence-electron chi connectivity index (χ4n) is 1.35. The van der Waals surface area contributed by atoms with Crippen molar-refractivity contribution in [3.63, 3.8) is 0 Å². The van der Waals surface area contributed by atoms with E-state index in [9.17, 15) is 13.6 Å². The Balaban J connectivity index is 0.00000106. The van der Waals surface area contributed by atoms with Gasteiger partial charge in [-0.3, -0.25) is 0 Å². The molecular formula is C12H16F2O2. The molecule has 1 N–H and O–H groups in total. The fourth-order valence-corrected chi connectivity index (χ4v) is 1.35. The average Bonchev–Trinajstić information content (AvgIpc) is 2.18. The van der Waals surface area contributed by atoms with Crippen LogP contribution in [0, 0.1) is 11.6 Å². The van der Waals surface area contributed by atoms with Gasteiger partial charge in [0.25, 0.3) is 0 Å². The summed E-state index contributed by atoms with van der Waals surface area (Å²) in [6.45, 7) is 7.31. The minimum atomic E-state index is -1.31. The zero-order valence-corrected chi connectivity index (χ0v) is 9.84. The van der Waals surface area contributed by atoms with E-state index in [0.717, 1.165) is 6.07 Å². The molecule has 0 aromatic heterocycles. The van der Waals surface area contributed by atoms with E-state index in [1.54, 1.807) is 13.8 Å². The van der Waals surface area contributed by atoms with Gasteiger partial charge in [-0.05, 0) is 12.0 Å². The Bertz CT molecular complexity index is 374. The van der Waals surface area contributed by atoms with E-state index in [0.29, 0.717) is 6.07 Å². The van der Waals surface area contributed by atoms with E-state index < -0.39 is 17.6 Å². The maximum atomic E-state index is 13.2. The zero-order chi connectivity index (χ0) is 12.9. The van der Waals surface area contributed by atoms with Gasteiger partial charge in [-0.25, -0.2) is 13.6 Å². The summed E-state index contributed by atoms with van der Waals surface area (Å²) in [5, 5.41) is 8.73.